The molecule has 104 valence electrons. The highest BCUT2D eigenvalue weighted by Crippen LogP contribution is 2.20. The van der Waals surface area contributed by atoms with Gasteiger partial charge in [-0.05, 0) is 36.4 Å². The Kier molecular flexibility index (Phi) is 4.97. The molecule has 19 heavy (non-hydrogen) atoms. The molecule has 0 bridgehead atoms. The molecule has 1 unspecified atom stereocenters. The summed E-state index contributed by atoms with van der Waals surface area (Å²) in [6.45, 7) is 4.33. The van der Waals surface area contributed by atoms with Crippen molar-refractivity contribution in [1.29, 1.82) is 0 Å². The van der Waals surface area contributed by atoms with Crippen LogP contribution in [0, 0.1) is 5.92 Å². The van der Waals surface area contributed by atoms with Gasteiger partial charge in [0.15, 0.2) is 0 Å². The van der Waals surface area contributed by atoms with E-state index in [1.807, 2.05) is 4.90 Å². The maximum atomic E-state index is 12.4. The lowest BCUT2D eigenvalue weighted by Gasteiger charge is -2.23. The minimum atomic E-state index is 0.258. The molecule has 0 aromatic heterocycles. The van der Waals surface area contributed by atoms with Crippen molar-refractivity contribution < 1.29 is 4.79 Å². The molecule has 1 aliphatic rings. The van der Waals surface area contributed by atoms with Crippen molar-refractivity contribution in [3.63, 3.8) is 0 Å². The van der Waals surface area contributed by atoms with Crippen LogP contribution in [-0.4, -0.2) is 23.9 Å². The first-order valence-corrected chi connectivity index (χ1v) is 7.29. The molecular formula is C16H24N2O. The van der Waals surface area contributed by atoms with Gasteiger partial charge in [0.05, 0.1) is 0 Å². The monoisotopic (exact) mass is 260 g/mol. The van der Waals surface area contributed by atoms with Crippen LogP contribution in [0.3, 0.4) is 0 Å². The van der Waals surface area contributed by atoms with E-state index in [9.17, 15) is 4.79 Å². The Morgan fingerprint density at radius 1 is 1.37 bits per heavy atom. The topological polar surface area (TPSA) is 46.3 Å². The standard InChI is InChI=1S/C16H24N2O/c1-2-13(11-17)10-16(19)18-9-5-8-14-6-3-4-7-15(14)12-18/h3-4,6-7,13H,2,5,8-12,17H2,1H3. The first-order valence-electron chi connectivity index (χ1n) is 7.29. The summed E-state index contributed by atoms with van der Waals surface area (Å²) in [4.78, 5) is 14.4. The van der Waals surface area contributed by atoms with Crippen LogP contribution >= 0.6 is 0 Å². The minimum absolute atomic E-state index is 0.258. The lowest BCUT2D eigenvalue weighted by Crippen LogP contribution is -2.33. The van der Waals surface area contributed by atoms with E-state index >= 15 is 0 Å². The summed E-state index contributed by atoms with van der Waals surface area (Å²) in [7, 11) is 0. The highest BCUT2D eigenvalue weighted by Gasteiger charge is 2.20. The van der Waals surface area contributed by atoms with Crippen molar-refractivity contribution in [2.24, 2.45) is 11.7 Å². The van der Waals surface area contributed by atoms with Gasteiger partial charge in [0, 0.05) is 19.5 Å². The third-order valence-corrected chi connectivity index (χ3v) is 4.08. The van der Waals surface area contributed by atoms with Crippen LogP contribution in [0.1, 0.15) is 37.3 Å². The number of rotatable bonds is 4. The Balaban J connectivity index is 2.03. The molecule has 0 spiro atoms. The van der Waals surface area contributed by atoms with Crippen LogP contribution in [0.5, 0.6) is 0 Å². The lowest BCUT2D eigenvalue weighted by atomic mass is 10.0. The largest absolute Gasteiger partial charge is 0.338 e. The number of carbonyl (C=O) groups excluding carboxylic acids is 1. The molecule has 1 aliphatic heterocycles. The molecule has 0 saturated carbocycles. The molecule has 3 heteroatoms. The number of carbonyl (C=O) groups is 1. The fourth-order valence-electron chi connectivity index (χ4n) is 2.68. The zero-order valence-corrected chi connectivity index (χ0v) is 11.8. The number of hydrogen-bond donors (Lipinski definition) is 1. The molecule has 0 saturated heterocycles. The van der Waals surface area contributed by atoms with Gasteiger partial charge in [-0.3, -0.25) is 4.79 Å². The van der Waals surface area contributed by atoms with Crippen molar-refractivity contribution in [3.8, 4) is 0 Å². The molecule has 1 atom stereocenters. The van der Waals surface area contributed by atoms with E-state index in [1.54, 1.807) is 0 Å². The molecule has 1 aromatic rings. The van der Waals surface area contributed by atoms with Crippen molar-refractivity contribution in [2.45, 2.75) is 39.2 Å². The van der Waals surface area contributed by atoms with Crippen LogP contribution in [0.2, 0.25) is 0 Å². The Labute approximate surface area is 115 Å². The molecule has 1 amide bonds. The van der Waals surface area contributed by atoms with E-state index in [1.165, 1.54) is 11.1 Å². The average Bonchev–Trinajstić information content (AvgIpc) is 2.66. The molecule has 3 nitrogen and oxygen atoms in total. The SMILES string of the molecule is CCC(CN)CC(=O)N1CCCc2ccccc2C1. The molecule has 0 aliphatic carbocycles. The number of hydrogen-bond acceptors (Lipinski definition) is 2. The third kappa shape index (κ3) is 3.57. The number of nitrogens with two attached hydrogens (primary N) is 1. The van der Waals surface area contributed by atoms with E-state index in [0.29, 0.717) is 18.9 Å². The number of nitrogens with zero attached hydrogens (tertiary/aromatic N) is 1. The van der Waals surface area contributed by atoms with E-state index in [-0.39, 0.29) is 5.91 Å². The fraction of sp³-hybridized carbons (Fsp3) is 0.562. The van der Waals surface area contributed by atoms with Crippen molar-refractivity contribution in [2.75, 3.05) is 13.1 Å². The molecule has 2 N–H and O–H groups in total. The molecular weight excluding hydrogens is 236 g/mol. The second-order valence-electron chi connectivity index (χ2n) is 5.40. The normalized spacial score (nSPS) is 16.6. The van der Waals surface area contributed by atoms with Crippen LogP contribution in [0.4, 0.5) is 0 Å². The summed E-state index contributed by atoms with van der Waals surface area (Å²) in [6, 6.07) is 8.46. The maximum absolute atomic E-state index is 12.4. The molecule has 1 heterocycles. The highest BCUT2D eigenvalue weighted by molar-refractivity contribution is 5.76. The van der Waals surface area contributed by atoms with Gasteiger partial charge in [0.1, 0.15) is 0 Å². The predicted octanol–water partition coefficient (Wildman–Crippen LogP) is 2.34. The zero-order chi connectivity index (χ0) is 13.7. The first-order chi connectivity index (χ1) is 9.24. The summed E-state index contributed by atoms with van der Waals surface area (Å²) in [5, 5.41) is 0. The van der Waals surface area contributed by atoms with Gasteiger partial charge in [-0.2, -0.15) is 0 Å². The van der Waals surface area contributed by atoms with E-state index in [0.717, 1.165) is 32.4 Å². The van der Waals surface area contributed by atoms with Crippen molar-refractivity contribution in [3.05, 3.63) is 35.4 Å². The first kappa shape index (κ1) is 14.1. The maximum Gasteiger partial charge on any atom is 0.223 e. The van der Waals surface area contributed by atoms with Crippen LogP contribution < -0.4 is 5.73 Å². The van der Waals surface area contributed by atoms with Gasteiger partial charge in [0.2, 0.25) is 5.91 Å². The van der Waals surface area contributed by atoms with Gasteiger partial charge in [-0.25, -0.2) is 0 Å². The Bertz CT molecular complexity index is 427. The van der Waals surface area contributed by atoms with Gasteiger partial charge in [0.25, 0.3) is 0 Å². The number of fused-ring (bicyclic) bond motifs is 1. The smallest absolute Gasteiger partial charge is 0.223 e. The van der Waals surface area contributed by atoms with Gasteiger partial charge >= 0.3 is 0 Å². The second kappa shape index (κ2) is 6.71. The Morgan fingerprint density at radius 2 is 2.11 bits per heavy atom. The summed E-state index contributed by atoms with van der Waals surface area (Å²) in [5.74, 6) is 0.583. The van der Waals surface area contributed by atoms with E-state index in [2.05, 4.69) is 31.2 Å². The quantitative estimate of drug-likeness (QED) is 0.903. The van der Waals surface area contributed by atoms with E-state index in [4.69, 9.17) is 5.73 Å². The summed E-state index contributed by atoms with van der Waals surface area (Å²) < 4.78 is 0. The highest BCUT2D eigenvalue weighted by atomic mass is 16.2. The second-order valence-corrected chi connectivity index (χ2v) is 5.40. The van der Waals surface area contributed by atoms with Crippen molar-refractivity contribution >= 4 is 5.91 Å². The van der Waals surface area contributed by atoms with Gasteiger partial charge in [-0.1, -0.05) is 37.6 Å². The predicted molar refractivity (Wildman–Crippen MR) is 77.6 cm³/mol. The molecule has 0 radical (unpaired) electrons. The van der Waals surface area contributed by atoms with Crippen LogP contribution in [0.25, 0.3) is 0 Å². The average molecular weight is 260 g/mol. The lowest BCUT2D eigenvalue weighted by molar-refractivity contribution is -0.132. The number of benzene rings is 1. The molecule has 2 rings (SSSR count). The Morgan fingerprint density at radius 3 is 2.79 bits per heavy atom. The Hall–Kier alpha value is -1.35. The van der Waals surface area contributed by atoms with Crippen LogP contribution in [0.15, 0.2) is 24.3 Å². The number of amides is 1. The van der Waals surface area contributed by atoms with Gasteiger partial charge < -0.3 is 10.6 Å². The molecule has 0 fully saturated rings. The summed E-state index contributed by atoms with van der Waals surface area (Å²) >= 11 is 0. The third-order valence-electron chi connectivity index (χ3n) is 4.08. The summed E-state index contributed by atoms with van der Waals surface area (Å²) in [6.07, 6.45) is 3.71. The summed E-state index contributed by atoms with van der Waals surface area (Å²) in [5.41, 5.74) is 8.39. The fourth-order valence-corrected chi connectivity index (χ4v) is 2.68. The van der Waals surface area contributed by atoms with E-state index < -0.39 is 0 Å². The number of aryl methyl sites for hydroxylation is 1. The zero-order valence-electron chi connectivity index (χ0n) is 11.8. The van der Waals surface area contributed by atoms with Gasteiger partial charge in [-0.15, -0.1) is 0 Å². The molecule has 1 aromatic carbocycles. The van der Waals surface area contributed by atoms with Crippen LogP contribution in [-0.2, 0) is 17.8 Å². The van der Waals surface area contributed by atoms with Crippen molar-refractivity contribution in [1.82, 2.24) is 4.90 Å². The minimum Gasteiger partial charge on any atom is -0.338 e.